The lowest BCUT2D eigenvalue weighted by molar-refractivity contribution is -0.130. The Bertz CT molecular complexity index is 1360. The van der Waals surface area contributed by atoms with Crippen LogP contribution in [0.5, 0.6) is 11.5 Å². The van der Waals surface area contributed by atoms with Crippen LogP contribution in [0.25, 0.3) is 16.6 Å². The van der Waals surface area contributed by atoms with E-state index in [-0.39, 0.29) is 17.6 Å². The second-order valence-electron chi connectivity index (χ2n) is 7.17. The average molecular weight is 461 g/mol. The lowest BCUT2D eigenvalue weighted by Crippen LogP contribution is -2.14. The van der Waals surface area contributed by atoms with Crippen molar-refractivity contribution < 1.29 is 24.2 Å². The second-order valence-corrected chi connectivity index (χ2v) is 7.70. The normalized spacial score (nSPS) is 11.7. The van der Waals surface area contributed by atoms with Gasteiger partial charge in [-0.1, -0.05) is 24.3 Å². The number of carbonyl (C=O) groups is 2. The highest BCUT2D eigenvalue weighted by molar-refractivity contribution is 7.00. The average Bonchev–Trinajstić information content (AvgIpc) is 3.31. The summed E-state index contributed by atoms with van der Waals surface area (Å²) in [5.74, 6) is -0.426. The van der Waals surface area contributed by atoms with E-state index in [0.717, 1.165) is 11.7 Å². The van der Waals surface area contributed by atoms with Gasteiger partial charge in [0.25, 0.3) is 0 Å². The van der Waals surface area contributed by atoms with Crippen molar-refractivity contribution in [1.82, 2.24) is 8.75 Å². The van der Waals surface area contributed by atoms with Crippen molar-refractivity contribution in [3.63, 3.8) is 0 Å². The van der Waals surface area contributed by atoms with Crippen molar-refractivity contribution in [3.8, 4) is 11.5 Å². The van der Waals surface area contributed by atoms with E-state index in [4.69, 9.17) is 9.47 Å². The predicted octanol–water partition coefficient (Wildman–Crippen LogP) is 4.67. The molecule has 0 aliphatic heterocycles. The summed E-state index contributed by atoms with van der Waals surface area (Å²) in [6, 6.07) is 18.8. The molecular weight excluding hydrogens is 440 g/mol. The fourth-order valence-corrected chi connectivity index (χ4v) is 4.12. The highest BCUT2D eigenvalue weighted by atomic mass is 32.1. The van der Waals surface area contributed by atoms with Crippen LogP contribution in [0.4, 0.5) is 0 Å². The summed E-state index contributed by atoms with van der Waals surface area (Å²) in [5, 5.41) is 10.2. The summed E-state index contributed by atoms with van der Waals surface area (Å²) in [5.41, 5.74) is 2.74. The molecule has 0 aliphatic carbocycles. The number of ketones is 1. The number of hydrogen-bond donors (Lipinski definition) is 1. The monoisotopic (exact) mass is 460 g/mol. The largest absolute Gasteiger partial charge is 0.497 e. The molecule has 0 saturated heterocycles. The molecule has 0 aliphatic rings. The zero-order chi connectivity index (χ0) is 23.4. The number of allylic oxidation sites excluding steroid dienone is 1. The van der Waals surface area contributed by atoms with E-state index in [1.165, 1.54) is 14.2 Å². The van der Waals surface area contributed by atoms with Crippen molar-refractivity contribution >= 4 is 40.1 Å². The van der Waals surface area contributed by atoms with Crippen molar-refractivity contribution in [1.29, 1.82) is 0 Å². The summed E-state index contributed by atoms with van der Waals surface area (Å²) < 4.78 is 19.0. The van der Waals surface area contributed by atoms with E-state index in [0.29, 0.717) is 39.2 Å². The second kappa shape index (κ2) is 9.62. The topological polar surface area (TPSA) is 98.6 Å². The number of hydrogen-bond acceptors (Lipinski definition) is 7. The lowest BCUT2D eigenvalue weighted by Gasteiger charge is -2.15. The highest BCUT2D eigenvalue weighted by Crippen LogP contribution is 2.30. The number of aliphatic carboxylic acids is 1. The zero-order valence-corrected chi connectivity index (χ0v) is 18.8. The number of ether oxygens (including phenoxy) is 2. The van der Waals surface area contributed by atoms with Crippen LogP contribution in [0.15, 0.2) is 72.3 Å². The molecule has 0 bridgehead atoms. The molecule has 33 heavy (non-hydrogen) atoms. The molecule has 7 nitrogen and oxygen atoms in total. The summed E-state index contributed by atoms with van der Waals surface area (Å²) in [4.78, 5) is 26.2. The fraction of sp³-hybridized carbons (Fsp3) is 0.120. The van der Waals surface area contributed by atoms with E-state index in [2.05, 4.69) is 8.75 Å². The number of benzene rings is 3. The van der Waals surface area contributed by atoms with Gasteiger partial charge >= 0.3 is 5.97 Å². The number of aromatic nitrogens is 2. The Morgan fingerprint density at radius 2 is 1.58 bits per heavy atom. The van der Waals surface area contributed by atoms with Gasteiger partial charge in [-0.3, -0.25) is 4.79 Å². The third-order valence-electron chi connectivity index (χ3n) is 5.24. The van der Waals surface area contributed by atoms with Gasteiger partial charge < -0.3 is 14.6 Å². The van der Waals surface area contributed by atoms with Crippen LogP contribution in [-0.2, 0) is 11.2 Å². The SMILES string of the molecule is COc1ccc(C(=O)C(Cc2ccccc2OC)=C(C(=O)O)c2ccc3nsnc3c2)cc1. The summed E-state index contributed by atoms with van der Waals surface area (Å²) in [6.07, 6.45) is 0.0733. The van der Waals surface area contributed by atoms with Gasteiger partial charge in [0.2, 0.25) is 0 Å². The third kappa shape index (κ3) is 4.61. The number of Topliss-reactive ketones (excluding diaryl/α,β-unsaturated/α-hetero) is 1. The summed E-state index contributed by atoms with van der Waals surface area (Å²) in [6.45, 7) is 0. The van der Waals surface area contributed by atoms with Crippen LogP contribution in [0, 0.1) is 0 Å². The Balaban J connectivity index is 1.91. The van der Waals surface area contributed by atoms with Crippen molar-refractivity contribution in [3.05, 3.63) is 89.0 Å². The Morgan fingerprint density at radius 1 is 0.879 bits per heavy atom. The Labute approximate surface area is 194 Å². The molecule has 0 unspecified atom stereocenters. The number of methoxy groups -OCH3 is 2. The van der Waals surface area contributed by atoms with Gasteiger partial charge in [-0.05, 0) is 53.6 Å². The molecule has 1 heterocycles. The minimum atomic E-state index is -1.20. The van der Waals surface area contributed by atoms with Crippen LogP contribution in [-0.4, -0.2) is 39.8 Å². The fourth-order valence-electron chi connectivity index (χ4n) is 3.60. The minimum absolute atomic E-state index is 0.0733. The Morgan fingerprint density at radius 3 is 2.27 bits per heavy atom. The van der Waals surface area contributed by atoms with E-state index in [9.17, 15) is 14.7 Å². The molecule has 1 N–H and O–H groups in total. The first kappa shape index (κ1) is 22.2. The van der Waals surface area contributed by atoms with E-state index in [1.54, 1.807) is 48.5 Å². The van der Waals surface area contributed by atoms with E-state index >= 15 is 0 Å². The minimum Gasteiger partial charge on any atom is -0.497 e. The van der Waals surface area contributed by atoms with Crippen LogP contribution in [0.2, 0.25) is 0 Å². The van der Waals surface area contributed by atoms with Crippen molar-refractivity contribution in [2.45, 2.75) is 6.42 Å². The van der Waals surface area contributed by atoms with Crippen LogP contribution in [0.1, 0.15) is 21.5 Å². The van der Waals surface area contributed by atoms with Gasteiger partial charge in [-0.2, -0.15) is 8.75 Å². The molecule has 0 amide bonds. The van der Waals surface area contributed by atoms with Crippen LogP contribution >= 0.6 is 11.7 Å². The standard InChI is InChI=1S/C25H20N2O5S/c1-31-18-10-7-15(8-11-18)24(28)19(13-16-5-3-4-6-22(16)32-2)23(25(29)30)17-9-12-20-21(14-17)27-33-26-20/h3-12,14H,13H2,1-2H3,(H,29,30). The maximum Gasteiger partial charge on any atom is 0.336 e. The third-order valence-corrected chi connectivity index (χ3v) is 5.80. The predicted molar refractivity (Wildman–Crippen MR) is 126 cm³/mol. The number of fused-ring (bicyclic) bond motifs is 1. The number of carbonyl (C=O) groups excluding carboxylic acids is 1. The zero-order valence-electron chi connectivity index (χ0n) is 17.9. The highest BCUT2D eigenvalue weighted by Gasteiger charge is 2.25. The maximum absolute atomic E-state index is 13.7. The van der Waals surface area contributed by atoms with Gasteiger partial charge in [-0.25, -0.2) is 4.79 Å². The molecule has 4 aromatic rings. The van der Waals surface area contributed by atoms with Gasteiger partial charge in [0.1, 0.15) is 22.5 Å². The van der Waals surface area contributed by atoms with Crippen LogP contribution < -0.4 is 9.47 Å². The summed E-state index contributed by atoms with van der Waals surface area (Å²) in [7, 11) is 3.07. The molecule has 4 rings (SSSR count). The number of carboxylic acid groups (broad SMARTS) is 1. The molecular formula is C25H20N2O5S. The quantitative estimate of drug-likeness (QED) is 0.301. The van der Waals surface area contributed by atoms with Gasteiger partial charge in [0.15, 0.2) is 5.78 Å². The molecule has 166 valence electrons. The number of para-hydroxylation sites is 1. The first-order valence-electron chi connectivity index (χ1n) is 10.0. The van der Waals surface area contributed by atoms with E-state index in [1.807, 2.05) is 18.2 Å². The lowest BCUT2D eigenvalue weighted by atomic mass is 9.89. The Kier molecular flexibility index (Phi) is 6.46. The smallest absolute Gasteiger partial charge is 0.336 e. The van der Waals surface area contributed by atoms with Gasteiger partial charge in [-0.15, -0.1) is 0 Å². The van der Waals surface area contributed by atoms with Crippen molar-refractivity contribution in [2.75, 3.05) is 14.2 Å². The molecule has 0 saturated carbocycles. The molecule has 0 spiro atoms. The first-order chi connectivity index (χ1) is 16.0. The molecule has 0 radical (unpaired) electrons. The summed E-state index contributed by atoms with van der Waals surface area (Å²) >= 11 is 1.05. The number of nitrogens with zero attached hydrogens (tertiary/aromatic N) is 2. The van der Waals surface area contributed by atoms with Gasteiger partial charge in [0.05, 0.1) is 31.5 Å². The number of rotatable bonds is 8. The van der Waals surface area contributed by atoms with Gasteiger partial charge in [0, 0.05) is 17.6 Å². The molecule has 0 atom stereocenters. The Hall–Kier alpha value is -4.04. The molecule has 1 aromatic heterocycles. The molecule has 8 heteroatoms. The number of carboxylic acids is 1. The molecule has 3 aromatic carbocycles. The van der Waals surface area contributed by atoms with Crippen LogP contribution in [0.3, 0.4) is 0 Å². The molecule has 0 fully saturated rings. The van der Waals surface area contributed by atoms with Crippen molar-refractivity contribution in [2.24, 2.45) is 0 Å². The first-order valence-corrected chi connectivity index (χ1v) is 10.7. The van der Waals surface area contributed by atoms with E-state index < -0.39 is 11.8 Å². The maximum atomic E-state index is 13.7.